The van der Waals surface area contributed by atoms with E-state index in [0.717, 1.165) is 12.8 Å². The van der Waals surface area contributed by atoms with E-state index in [9.17, 15) is 18.0 Å². The van der Waals surface area contributed by atoms with E-state index in [2.05, 4.69) is 5.32 Å². The van der Waals surface area contributed by atoms with Crippen molar-refractivity contribution >= 4 is 17.5 Å². The molecule has 88 valence electrons. The average Bonchev–Trinajstić information content (AvgIpc) is 2.92. The third-order valence-corrected chi connectivity index (χ3v) is 2.77. The van der Waals surface area contributed by atoms with E-state index < -0.39 is 24.9 Å². The van der Waals surface area contributed by atoms with E-state index in [1.165, 1.54) is 0 Å². The van der Waals surface area contributed by atoms with Crippen molar-refractivity contribution in [2.75, 3.05) is 6.54 Å². The minimum absolute atomic E-state index is 0.139. The van der Waals surface area contributed by atoms with Gasteiger partial charge in [0.25, 0.3) is 0 Å². The lowest BCUT2D eigenvalue weighted by molar-refractivity contribution is -0.144. The summed E-state index contributed by atoms with van der Waals surface area (Å²) in [6.45, 7) is 0.267. The van der Waals surface area contributed by atoms with E-state index in [0.29, 0.717) is 5.92 Å². The molecule has 0 radical (unpaired) electrons. The standard InChI is InChI=1S/C9H13ClF3NO/c10-7(6-1-2-6)5-14-8(15)3-4-9(11,12)13/h6-7H,1-5H2,(H,14,15). The average molecular weight is 244 g/mol. The molecule has 1 aliphatic carbocycles. The van der Waals surface area contributed by atoms with Crippen LogP contribution in [-0.4, -0.2) is 24.0 Å². The molecular weight excluding hydrogens is 231 g/mol. The van der Waals surface area contributed by atoms with Crippen LogP contribution >= 0.6 is 11.6 Å². The molecule has 1 amide bonds. The van der Waals surface area contributed by atoms with Gasteiger partial charge in [-0.15, -0.1) is 11.6 Å². The number of carbonyl (C=O) groups is 1. The molecular formula is C9H13ClF3NO. The smallest absolute Gasteiger partial charge is 0.355 e. The van der Waals surface area contributed by atoms with Gasteiger partial charge < -0.3 is 5.32 Å². The van der Waals surface area contributed by atoms with Crippen molar-refractivity contribution in [1.29, 1.82) is 0 Å². The second-order valence-corrected chi connectivity index (χ2v) is 4.33. The summed E-state index contributed by atoms with van der Waals surface area (Å²) in [5.41, 5.74) is 0. The zero-order valence-corrected chi connectivity index (χ0v) is 8.87. The molecule has 1 rings (SSSR count). The fourth-order valence-electron chi connectivity index (χ4n) is 1.18. The van der Waals surface area contributed by atoms with Gasteiger partial charge in [-0.25, -0.2) is 0 Å². The molecule has 1 unspecified atom stereocenters. The van der Waals surface area contributed by atoms with Crippen molar-refractivity contribution in [2.24, 2.45) is 5.92 Å². The van der Waals surface area contributed by atoms with Crippen molar-refractivity contribution in [1.82, 2.24) is 5.32 Å². The van der Waals surface area contributed by atoms with Crippen LogP contribution in [0.15, 0.2) is 0 Å². The van der Waals surface area contributed by atoms with Crippen molar-refractivity contribution in [3.8, 4) is 0 Å². The second-order valence-electron chi connectivity index (χ2n) is 3.77. The molecule has 1 fully saturated rings. The predicted octanol–water partition coefficient (Wildman–Crippen LogP) is 2.46. The fraction of sp³-hybridized carbons (Fsp3) is 0.889. The van der Waals surface area contributed by atoms with E-state index in [1.807, 2.05) is 0 Å². The molecule has 2 nitrogen and oxygen atoms in total. The summed E-state index contributed by atoms with van der Waals surface area (Å²) in [6.07, 6.45) is -3.76. The lowest BCUT2D eigenvalue weighted by atomic mass is 10.2. The monoisotopic (exact) mass is 243 g/mol. The topological polar surface area (TPSA) is 29.1 Å². The van der Waals surface area contributed by atoms with Gasteiger partial charge in [0.1, 0.15) is 0 Å². The molecule has 0 heterocycles. The highest BCUT2D eigenvalue weighted by atomic mass is 35.5. The number of alkyl halides is 4. The maximum Gasteiger partial charge on any atom is 0.389 e. The third-order valence-electron chi connectivity index (χ3n) is 2.26. The number of amides is 1. The summed E-state index contributed by atoms with van der Waals surface area (Å²) in [4.78, 5) is 11.0. The number of hydrogen-bond acceptors (Lipinski definition) is 1. The maximum absolute atomic E-state index is 11.7. The van der Waals surface area contributed by atoms with Gasteiger partial charge in [0.15, 0.2) is 0 Å². The molecule has 0 aliphatic heterocycles. The molecule has 1 saturated carbocycles. The first-order valence-electron chi connectivity index (χ1n) is 4.86. The second kappa shape index (κ2) is 5.05. The highest BCUT2D eigenvalue weighted by molar-refractivity contribution is 6.21. The Kier molecular flexibility index (Phi) is 4.25. The van der Waals surface area contributed by atoms with E-state index in [-0.39, 0.29) is 11.9 Å². The number of halogens is 4. The Bertz CT molecular complexity index is 228. The molecule has 0 aromatic heterocycles. The van der Waals surface area contributed by atoms with Crippen LogP contribution in [0.3, 0.4) is 0 Å². The quantitative estimate of drug-likeness (QED) is 0.739. The summed E-state index contributed by atoms with van der Waals surface area (Å²) in [6, 6.07) is 0. The lowest BCUT2D eigenvalue weighted by Gasteiger charge is -2.10. The van der Waals surface area contributed by atoms with Gasteiger partial charge in [0.05, 0.1) is 11.8 Å². The van der Waals surface area contributed by atoms with Crippen molar-refractivity contribution in [2.45, 2.75) is 37.2 Å². The minimum atomic E-state index is -4.27. The summed E-state index contributed by atoms with van der Waals surface area (Å²) in [5.74, 6) is -0.159. The lowest BCUT2D eigenvalue weighted by Crippen LogP contribution is -2.31. The van der Waals surface area contributed by atoms with Gasteiger partial charge in [0.2, 0.25) is 5.91 Å². The maximum atomic E-state index is 11.7. The zero-order valence-electron chi connectivity index (χ0n) is 8.11. The highest BCUT2D eigenvalue weighted by Crippen LogP contribution is 2.35. The van der Waals surface area contributed by atoms with Crippen LogP contribution in [0.2, 0.25) is 0 Å². The van der Waals surface area contributed by atoms with Crippen LogP contribution in [0, 0.1) is 5.92 Å². The molecule has 1 N–H and O–H groups in total. The third kappa shape index (κ3) is 5.87. The summed E-state index contributed by atoms with van der Waals surface area (Å²) < 4.78 is 35.2. The van der Waals surface area contributed by atoms with E-state index >= 15 is 0 Å². The largest absolute Gasteiger partial charge is 0.389 e. The summed E-state index contributed by atoms with van der Waals surface area (Å²) in [5, 5.41) is 2.27. The normalized spacial score (nSPS) is 18.7. The number of rotatable bonds is 5. The molecule has 0 bridgehead atoms. The van der Waals surface area contributed by atoms with Crippen LogP contribution in [-0.2, 0) is 4.79 Å². The van der Waals surface area contributed by atoms with Gasteiger partial charge in [0, 0.05) is 13.0 Å². The molecule has 15 heavy (non-hydrogen) atoms. The van der Waals surface area contributed by atoms with E-state index in [4.69, 9.17) is 11.6 Å². The Morgan fingerprint density at radius 1 is 1.47 bits per heavy atom. The van der Waals surface area contributed by atoms with Gasteiger partial charge in [-0.2, -0.15) is 13.2 Å². The zero-order chi connectivity index (χ0) is 11.5. The van der Waals surface area contributed by atoms with Crippen LogP contribution in [0.5, 0.6) is 0 Å². The van der Waals surface area contributed by atoms with Crippen LogP contribution < -0.4 is 5.32 Å². The summed E-state index contributed by atoms with van der Waals surface area (Å²) >= 11 is 5.88. The molecule has 0 saturated heterocycles. The Morgan fingerprint density at radius 2 is 2.07 bits per heavy atom. The molecule has 1 atom stereocenters. The van der Waals surface area contributed by atoms with Crippen molar-refractivity contribution in [3.05, 3.63) is 0 Å². The number of nitrogens with one attached hydrogen (secondary N) is 1. The SMILES string of the molecule is O=C(CCC(F)(F)F)NCC(Cl)C1CC1. The Labute approximate surface area is 91.2 Å². The van der Waals surface area contributed by atoms with Gasteiger partial charge in [-0.05, 0) is 18.8 Å². The van der Waals surface area contributed by atoms with Gasteiger partial charge in [-0.3, -0.25) is 4.79 Å². The van der Waals surface area contributed by atoms with Gasteiger partial charge in [-0.1, -0.05) is 0 Å². The first-order chi connectivity index (χ1) is 6.88. The van der Waals surface area contributed by atoms with Gasteiger partial charge >= 0.3 is 6.18 Å². The van der Waals surface area contributed by atoms with Crippen molar-refractivity contribution < 1.29 is 18.0 Å². The Hall–Kier alpha value is -0.450. The first-order valence-corrected chi connectivity index (χ1v) is 5.29. The number of carbonyl (C=O) groups excluding carboxylic acids is 1. The van der Waals surface area contributed by atoms with Crippen LogP contribution in [0.4, 0.5) is 13.2 Å². The Morgan fingerprint density at radius 3 is 2.53 bits per heavy atom. The first kappa shape index (κ1) is 12.6. The Balaban J connectivity index is 2.07. The highest BCUT2D eigenvalue weighted by Gasteiger charge is 2.30. The van der Waals surface area contributed by atoms with E-state index in [1.54, 1.807) is 0 Å². The molecule has 6 heteroatoms. The van der Waals surface area contributed by atoms with Crippen LogP contribution in [0.25, 0.3) is 0 Å². The van der Waals surface area contributed by atoms with Crippen molar-refractivity contribution in [3.63, 3.8) is 0 Å². The summed E-state index contributed by atoms with van der Waals surface area (Å²) in [7, 11) is 0. The molecule has 0 aromatic carbocycles. The number of hydrogen-bond donors (Lipinski definition) is 1. The predicted molar refractivity (Wildman–Crippen MR) is 50.7 cm³/mol. The van der Waals surface area contributed by atoms with Crippen LogP contribution in [0.1, 0.15) is 25.7 Å². The molecule has 1 aliphatic rings. The molecule has 0 spiro atoms. The molecule has 0 aromatic rings. The fourth-order valence-corrected chi connectivity index (χ4v) is 1.51. The minimum Gasteiger partial charge on any atom is -0.355 e.